The summed E-state index contributed by atoms with van der Waals surface area (Å²) in [5.74, 6) is 1.79. The molecule has 90 valence electrons. The number of thiazole rings is 1. The van der Waals surface area contributed by atoms with Crippen molar-refractivity contribution in [2.75, 3.05) is 6.54 Å². The van der Waals surface area contributed by atoms with Gasteiger partial charge in [-0.2, -0.15) is 0 Å². The van der Waals surface area contributed by atoms with Crippen molar-refractivity contribution in [2.24, 2.45) is 0 Å². The molecule has 3 rings (SSSR count). The summed E-state index contributed by atoms with van der Waals surface area (Å²) in [7, 11) is 0. The Balaban J connectivity index is 1.57. The summed E-state index contributed by atoms with van der Waals surface area (Å²) in [5, 5.41) is 5.57. The highest BCUT2D eigenvalue weighted by molar-refractivity contribution is 7.07. The van der Waals surface area contributed by atoms with E-state index < -0.39 is 0 Å². The van der Waals surface area contributed by atoms with Crippen LogP contribution in [0, 0.1) is 0 Å². The molecule has 0 bridgehead atoms. The van der Waals surface area contributed by atoms with Crippen LogP contribution < -0.4 is 5.32 Å². The van der Waals surface area contributed by atoms with Crippen LogP contribution in [-0.2, 0) is 13.1 Å². The minimum Gasteiger partial charge on any atom is -0.335 e. The molecule has 0 spiro atoms. The number of fused-ring (bicyclic) bond motifs is 1. The van der Waals surface area contributed by atoms with Crippen LogP contribution >= 0.6 is 11.3 Å². The Bertz CT molecular complexity index is 463. The maximum Gasteiger partial charge on any atom is 0.113 e. The molecule has 0 aliphatic carbocycles. The van der Waals surface area contributed by atoms with Gasteiger partial charge in [0.25, 0.3) is 0 Å². The molecule has 0 aromatic carbocycles. The average molecular weight is 248 g/mol. The molecular weight excluding hydrogens is 232 g/mol. The van der Waals surface area contributed by atoms with Crippen molar-refractivity contribution in [3.8, 4) is 0 Å². The molecule has 0 fully saturated rings. The minimum absolute atomic E-state index is 0.553. The Kier molecular flexibility index (Phi) is 3.20. The topological polar surface area (TPSA) is 42.7 Å². The number of nitrogens with zero attached hydrogens (tertiary/aromatic N) is 3. The zero-order valence-corrected chi connectivity index (χ0v) is 10.5. The van der Waals surface area contributed by atoms with Gasteiger partial charge in [0.05, 0.1) is 11.2 Å². The van der Waals surface area contributed by atoms with Crippen LogP contribution in [-0.4, -0.2) is 21.1 Å². The van der Waals surface area contributed by atoms with Crippen molar-refractivity contribution in [2.45, 2.75) is 31.8 Å². The number of aryl methyl sites for hydroxylation is 1. The van der Waals surface area contributed by atoms with Gasteiger partial charge in [0, 0.05) is 43.3 Å². The summed E-state index contributed by atoms with van der Waals surface area (Å²) in [6, 6.07) is 0. The zero-order chi connectivity index (χ0) is 11.5. The van der Waals surface area contributed by atoms with Crippen molar-refractivity contribution >= 4 is 11.3 Å². The number of nitrogens with one attached hydrogen (secondary N) is 1. The maximum atomic E-state index is 4.46. The summed E-state index contributed by atoms with van der Waals surface area (Å²) < 4.78 is 2.28. The van der Waals surface area contributed by atoms with E-state index in [2.05, 4.69) is 31.4 Å². The van der Waals surface area contributed by atoms with Gasteiger partial charge in [0.1, 0.15) is 5.82 Å². The summed E-state index contributed by atoms with van der Waals surface area (Å²) in [6.07, 6.45) is 6.49. The quantitative estimate of drug-likeness (QED) is 0.900. The third-order valence-corrected chi connectivity index (χ3v) is 3.88. The van der Waals surface area contributed by atoms with Crippen molar-refractivity contribution in [1.29, 1.82) is 0 Å². The molecule has 3 heterocycles. The van der Waals surface area contributed by atoms with E-state index in [-0.39, 0.29) is 0 Å². The van der Waals surface area contributed by atoms with Gasteiger partial charge in [-0.1, -0.05) is 0 Å². The van der Waals surface area contributed by atoms with E-state index in [1.54, 1.807) is 11.3 Å². The van der Waals surface area contributed by atoms with Gasteiger partial charge < -0.3 is 9.88 Å². The Hall–Kier alpha value is -1.20. The molecule has 5 heteroatoms. The predicted molar refractivity (Wildman–Crippen MR) is 68.0 cm³/mol. The number of aromatic nitrogens is 3. The summed E-state index contributed by atoms with van der Waals surface area (Å²) in [6.45, 7) is 2.98. The molecule has 2 aromatic rings. The van der Waals surface area contributed by atoms with E-state index in [1.165, 1.54) is 18.7 Å². The molecule has 1 atom stereocenters. The van der Waals surface area contributed by atoms with Crippen LogP contribution in [0.4, 0.5) is 0 Å². The van der Waals surface area contributed by atoms with Crippen molar-refractivity contribution in [1.82, 2.24) is 19.9 Å². The van der Waals surface area contributed by atoms with E-state index >= 15 is 0 Å². The van der Waals surface area contributed by atoms with Crippen LogP contribution in [0.1, 0.15) is 30.3 Å². The highest BCUT2D eigenvalue weighted by Gasteiger charge is 2.20. The Morgan fingerprint density at radius 3 is 3.35 bits per heavy atom. The second kappa shape index (κ2) is 4.98. The molecule has 17 heavy (non-hydrogen) atoms. The molecule has 1 aliphatic rings. The second-order valence-electron chi connectivity index (χ2n) is 4.43. The Morgan fingerprint density at radius 1 is 1.47 bits per heavy atom. The first-order chi connectivity index (χ1) is 8.43. The molecule has 0 unspecified atom stereocenters. The van der Waals surface area contributed by atoms with Gasteiger partial charge in [-0.25, -0.2) is 9.97 Å². The van der Waals surface area contributed by atoms with Crippen LogP contribution in [0.2, 0.25) is 0 Å². The van der Waals surface area contributed by atoms with E-state index in [4.69, 9.17) is 0 Å². The van der Waals surface area contributed by atoms with Gasteiger partial charge in [-0.15, -0.1) is 11.3 Å². The van der Waals surface area contributed by atoms with Crippen LogP contribution in [0.25, 0.3) is 0 Å². The molecule has 0 saturated carbocycles. The lowest BCUT2D eigenvalue weighted by atomic mass is 9.99. The van der Waals surface area contributed by atoms with Crippen molar-refractivity contribution < 1.29 is 0 Å². The van der Waals surface area contributed by atoms with E-state index in [9.17, 15) is 0 Å². The lowest BCUT2D eigenvalue weighted by Crippen LogP contribution is -2.26. The fraction of sp³-hybridized carbons (Fsp3) is 0.500. The van der Waals surface area contributed by atoms with Crippen molar-refractivity contribution in [3.05, 3.63) is 34.8 Å². The van der Waals surface area contributed by atoms with Gasteiger partial charge in [-0.05, 0) is 12.8 Å². The van der Waals surface area contributed by atoms with E-state index in [0.717, 1.165) is 25.3 Å². The molecule has 2 aromatic heterocycles. The average Bonchev–Trinajstić information content (AvgIpc) is 2.99. The highest BCUT2D eigenvalue weighted by atomic mass is 32.1. The number of hydrogen-bond donors (Lipinski definition) is 1. The first kappa shape index (κ1) is 10.9. The second-order valence-corrected chi connectivity index (χ2v) is 5.15. The monoisotopic (exact) mass is 248 g/mol. The van der Waals surface area contributed by atoms with E-state index in [0.29, 0.717) is 5.92 Å². The zero-order valence-electron chi connectivity index (χ0n) is 9.67. The van der Waals surface area contributed by atoms with Gasteiger partial charge in [0.15, 0.2) is 0 Å². The Labute approximate surface area is 105 Å². The largest absolute Gasteiger partial charge is 0.335 e. The van der Waals surface area contributed by atoms with Gasteiger partial charge >= 0.3 is 0 Å². The van der Waals surface area contributed by atoms with Crippen LogP contribution in [0.15, 0.2) is 23.3 Å². The lowest BCUT2D eigenvalue weighted by Gasteiger charge is -2.23. The fourth-order valence-corrected chi connectivity index (χ4v) is 2.96. The van der Waals surface area contributed by atoms with Crippen molar-refractivity contribution in [3.63, 3.8) is 0 Å². The number of imidazole rings is 1. The normalized spacial score (nSPS) is 19.2. The molecule has 1 aliphatic heterocycles. The fourth-order valence-electron chi connectivity index (χ4n) is 2.40. The predicted octanol–water partition coefficient (Wildman–Crippen LogP) is 2.01. The summed E-state index contributed by atoms with van der Waals surface area (Å²) in [5.41, 5.74) is 3.01. The number of hydrogen-bond acceptors (Lipinski definition) is 4. The molecular formula is C12H16N4S. The van der Waals surface area contributed by atoms with E-state index in [1.807, 2.05) is 11.7 Å². The SMILES string of the molecule is c1cn2c(n1)[C@H](CNCc1cscn1)CCC2. The summed E-state index contributed by atoms with van der Waals surface area (Å²) >= 11 is 1.65. The summed E-state index contributed by atoms with van der Waals surface area (Å²) in [4.78, 5) is 8.73. The first-order valence-corrected chi connectivity index (χ1v) is 6.96. The maximum absolute atomic E-state index is 4.46. The van der Waals surface area contributed by atoms with Gasteiger partial charge in [0.2, 0.25) is 0 Å². The van der Waals surface area contributed by atoms with Gasteiger partial charge in [-0.3, -0.25) is 0 Å². The third-order valence-electron chi connectivity index (χ3n) is 3.24. The lowest BCUT2D eigenvalue weighted by molar-refractivity contribution is 0.422. The molecule has 0 amide bonds. The van der Waals surface area contributed by atoms with Crippen LogP contribution in [0.3, 0.4) is 0 Å². The third kappa shape index (κ3) is 2.40. The van der Waals surface area contributed by atoms with Crippen LogP contribution in [0.5, 0.6) is 0 Å². The molecule has 0 saturated heterocycles. The minimum atomic E-state index is 0.553. The smallest absolute Gasteiger partial charge is 0.113 e. The first-order valence-electron chi connectivity index (χ1n) is 6.02. The molecule has 4 nitrogen and oxygen atoms in total. The number of rotatable bonds is 4. The standard InChI is InChI=1S/C12H16N4S/c1-2-10(12-14-3-5-16(12)4-1)6-13-7-11-8-17-9-15-11/h3,5,8-10,13H,1-2,4,6-7H2/t10-/m0/s1. The Morgan fingerprint density at radius 2 is 2.47 bits per heavy atom. The molecule has 1 N–H and O–H groups in total. The highest BCUT2D eigenvalue weighted by Crippen LogP contribution is 2.24. The molecule has 0 radical (unpaired) electrons.